The summed E-state index contributed by atoms with van der Waals surface area (Å²) < 4.78 is 35.4. The van der Waals surface area contributed by atoms with Gasteiger partial charge in [-0.25, -0.2) is 13.2 Å². The summed E-state index contributed by atoms with van der Waals surface area (Å²) in [7, 11) is -0.650. The van der Waals surface area contributed by atoms with Gasteiger partial charge in [-0.1, -0.05) is 30.7 Å². The zero-order valence-corrected chi connectivity index (χ0v) is 20.4. The number of methoxy groups -OCH3 is 1. The third kappa shape index (κ3) is 4.39. The lowest BCUT2D eigenvalue weighted by Crippen LogP contribution is -2.40. The molecule has 178 valence electrons. The number of fused-ring (bicyclic) bond motifs is 1. The fraction of sp³-hybridized carbons (Fsp3) is 0.500. The molecule has 0 radical (unpaired) electrons. The maximum atomic E-state index is 13.5. The average molecular weight is 495 g/mol. The normalized spacial score (nSPS) is 15.3. The minimum absolute atomic E-state index is 0.0535. The van der Waals surface area contributed by atoms with Crippen molar-refractivity contribution in [1.82, 2.24) is 18.7 Å². The van der Waals surface area contributed by atoms with Crippen molar-refractivity contribution >= 4 is 32.6 Å². The summed E-state index contributed by atoms with van der Waals surface area (Å²) in [4.78, 5) is 30.8. The Morgan fingerprint density at radius 1 is 1.15 bits per heavy atom. The second-order valence-corrected chi connectivity index (χ2v) is 11.0. The van der Waals surface area contributed by atoms with Crippen molar-refractivity contribution in [2.24, 2.45) is 7.05 Å². The largest absolute Gasteiger partial charge is 0.378 e. The molecule has 1 saturated carbocycles. The molecular formula is C22H27ClN4O5S. The molecule has 0 aliphatic heterocycles. The quantitative estimate of drug-likeness (QED) is 0.452. The van der Waals surface area contributed by atoms with Crippen LogP contribution in [0.2, 0.25) is 5.02 Å². The maximum absolute atomic E-state index is 13.5. The predicted octanol–water partition coefficient (Wildman–Crippen LogP) is 2.35. The second-order valence-electron chi connectivity index (χ2n) is 8.53. The zero-order valence-electron chi connectivity index (χ0n) is 18.9. The SMILES string of the molecule is CCCS(=O)(=O)c1nc2c(c(=O)n(CCC3(OC)CC3)c(=O)n2C)n1Cc1ccc(Cl)cc1. The summed E-state index contributed by atoms with van der Waals surface area (Å²) in [5.41, 5.74) is -0.489. The number of rotatable bonds is 9. The number of hydrogen-bond donors (Lipinski definition) is 0. The topological polar surface area (TPSA) is 105 Å². The standard InChI is InChI=1S/C22H27ClN4O5S/c1-4-13-33(30,31)20-24-18-17(27(20)14-15-5-7-16(23)8-6-15)19(28)26(21(29)25(18)2)12-11-22(32-3)9-10-22/h5-8H,4,9-14H2,1-3H3. The molecule has 4 rings (SSSR count). The van der Waals surface area contributed by atoms with Gasteiger partial charge >= 0.3 is 5.69 Å². The van der Waals surface area contributed by atoms with Gasteiger partial charge in [0.2, 0.25) is 15.0 Å². The smallest absolute Gasteiger partial charge is 0.332 e. The van der Waals surface area contributed by atoms with Gasteiger partial charge in [0.25, 0.3) is 5.56 Å². The lowest BCUT2D eigenvalue weighted by Gasteiger charge is -2.15. The van der Waals surface area contributed by atoms with Crippen LogP contribution in [-0.4, -0.2) is 45.6 Å². The van der Waals surface area contributed by atoms with Crippen LogP contribution in [0.5, 0.6) is 0 Å². The zero-order chi connectivity index (χ0) is 24.0. The Labute approximate surface area is 196 Å². The molecule has 1 aliphatic rings. The summed E-state index contributed by atoms with van der Waals surface area (Å²) in [6, 6.07) is 6.93. The Kier molecular flexibility index (Phi) is 6.28. The number of ether oxygens (including phenoxy) is 1. The minimum Gasteiger partial charge on any atom is -0.378 e. The molecule has 0 N–H and O–H groups in total. The van der Waals surface area contributed by atoms with Crippen molar-refractivity contribution in [3.8, 4) is 0 Å². The van der Waals surface area contributed by atoms with Gasteiger partial charge in [0, 0.05) is 25.7 Å². The molecule has 0 amide bonds. The van der Waals surface area contributed by atoms with E-state index in [1.54, 1.807) is 38.3 Å². The first-order valence-corrected chi connectivity index (χ1v) is 12.9. The van der Waals surface area contributed by atoms with E-state index >= 15 is 0 Å². The van der Waals surface area contributed by atoms with Gasteiger partial charge < -0.3 is 9.30 Å². The third-order valence-electron chi connectivity index (χ3n) is 6.23. The highest BCUT2D eigenvalue weighted by Crippen LogP contribution is 2.42. The molecular weight excluding hydrogens is 468 g/mol. The van der Waals surface area contributed by atoms with Crippen LogP contribution in [0.25, 0.3) is 11.2 Å². The number of benzene rings is 1. The van der Waals surface area contributed by atoms with Crippen LogP contribution in [0.3, 0.4) is 0 Å². The molecule has 9 nitrogen and oxygen atoms in total. The van der Waals surface area contributed by atoms with E-state index in [1.165, 1.54) is 16.2 Å². The van der Waals surface area contributed by atoms with Gasteiger partial charge in [0.15, 0.2) is 11.2 Å². The van der Waals surface area contributed by atoms with E-state index in [4.69, 9.17) is 16.3 Å². The Hall–Kier alpha value is -2.43. The number of aromatic nitrogens is 4. The monoisotopic (exact) mass is 494 g/mol. The van der Waals surface area contributed by atoms with Crippen LogP contribution >= 0.6 is 11.6 Å². The third-order valence-corrected chi connectivity index (χ3v) is 8.30. The molecule has 0 bridgehead atoms. The highest BCUT2D eigenvalue weighted by Gasteiger charge is 2.42. The van der Waals surface area contributed by atoms with Crippen LogP contribution in [0.15, 0.2) is 39.0 Å². The van der Waals surface area contributed by atoms with E-state index < -0.39 is 21.1 Å². The van der Waals surface area contributed by atoms with Crippen LogP contribution in [0.1, 0.15) is 38.2 Å². The van der Waals surface area contributed by atoms with E-state index in [1.807, 2.05) is 0 Å². The van der Waals surface area contributed by atoms with Crippen LogP contribution in [0.4, 0.5) is 0 Å². The number of aryl methyl sites for hydroxylation is 1. The van der Waals surface area contributed by atoms with Crippen molar-refractivity contribution in [3.63, 3.8) is 0 Å². The van der Waals surface area contributed by atoms with E-state index in [9.17, 15) is 18.0 Å². The molecule has 0 saturated heterocycles. The molecule has 2 aromatic heterocycles. The lowest BCUT2D eigenvalue weighted by atomic mass is 10.2. The van der Waals surface area contributed by atoms with Crippen LogP contribution < -0.4 is 11.2 Å². The molecule has 33 heavy (non-hydrogen) atoms. The molecule has 11 heteroatoms. The summed E-state index contributed by atoms with van der Waals surface area (Å²) in [6.45, 7) is 2.04. The lowest BCUT2D eigenvalue weighted by molar-refractivity contribution is 0.0683. The summed E-state index contributed by atoms with van der Waals surface area (Å²) in [5.74, 6) is -0.116. The highest BCUT2D eigenvalue weighted by molar-refractivity contribution is 7.91. The van der Waals surface area contributed by atoms with Gasteiger partial charge in [0.1, 0.15) is 0 Å². The Bertz CT molecular complexity index is 1420. The van der Waals surface area contributed by atoms with Gasteiger partial charge in [-0.15, -0.1) is 0 Å². The second kappa shape index (κ2) is 8.73. The van der Waals surface area contributed by atoms with Crippen molar-refractivity contribution in [3.05, 3.63) is 55.7 Å². The minimum atomic E-state index is -3.78. The Morgan fingerprint density at radius 2 is 1.82 bits per heavy atom. The van der Waals surface area contributed by atoms with Gasteiger partial charge in [-0.2, -0.15) is 4.98 Å². The molecule has 0 unspecified atom stereocenters. The number of hydrogen-bond acceptors (Lipinski definition) is 6. The first-order valence-electron chi connectivity index (χ1n) is 10.8. The fourth-order valence-electron chi connectivity index (χ4n) is 4.08. The van der Waals surface area contributed by atoms with Crippen molar-refractivity contribution in [1.29, 1.82) is 0 Å². The van der Waals surface area contributed by atoms with E-state index in [0.29, 0.717) is 17.9 Å². The van der Waals surface area contributed by atoms with Crippen LogP contribution in [0, 0.1) is 0 Å². The van der Waals surface area contributed by atoms with Crippen molar-refractivity contribution in [2.75, 3.05) is 12.9 Å². The fourth-order valence-corrected chi connectivity index (χ4v) is 5.64. The van der Waals surface area contributed by atoms with E-state index in [-0.39, 0.29) is 40.8 Å². The van der Waals surface area contributed by atoms with E-state index in [0.717, 1.165) is 23.0 Å². The highest BCUT2D eigenvalue weighted by atomic mass is 35.5. The average Bonchev–Trinajstić information content (AvgIpc) is 3.46. The van der Waals surface area contributed by atoms with Gasteiger partial charge in [0.05, 0.1) is 17.9 Å². The number of sulfone groups is 1. The first-order chi connectivity index (χ1) is 15.6. The summed E-state index contributed by atoms with van der Waals surface area (Å²) in [5, 5.41) is 0.333. The predicted molar refractivity (Wildman–Crippen MR) is 126 cm³/mol. The molecule has 1 aromatic carbocycles. The number of halogens is 1. The molecule has 1 fully saturated rings. The maximum Gasteiger partial charge on any atom is 0.332 e. The summed E-state index contributed by atoms with van der Waals surface area (Å²) >= 11 is 5.99. The number of nitrogens with zero attached hydrogens (tertiary/aromatic N) is 4. The van der Waals surface area contributed by atoms with Crippen LogP contribution in [-0.2, 0) is 34.7 Å². The number of imidazole rings is 1. The molecule has 0 atom stereocenters. The first kappa shape index (κ1) is 23.7. The molecule has 3 aromatic rings. The Balaban J connectivity index is 1.93. The van der Waals surface area contributed by atoms with E-state index in [2.05, 4.69) is 4.98 Å². The molecule has 0 spiro atoms. The van der Waals surface area contributed by atoms with Gasteiger partial charge in [-0.3, -0.25) is 13.9 Å². The Morgan fingerprint density at radius 3 is 2.39 bits per heavy atom. The molecule has 1 aliphatic carbocycles. The van der Waals surface area contributed by atoms with Crippen molar-refractivity contribution in [2.45, 2.75) is 56.5 Å². The van der Waals surface area contributed by atoms with Gasteiger partial charge in [-0.05, 0) is 43.4 Å². The van der Waals surface area contributed by atoms with Crippen molar-refractivity contribution < 1.29 is 13.2 Å². The summed E-state index contributed by atoms with van der Waals surface area (Å²) in [6.07, 6.45) is 2.69. The molecule has 2 heterocycles.